The van der Waals surface area contributed by atoms with Crippen LogP contribution >= 0.6 is 0 Å². The lowest BCUT2D eigenvalue weighted by Gasteiger charge is -2.29. The van der Waals surface area contributed by atoms with Crippen LogP contribution in [0.4, 0.5) is 0 Å². The first-order valence-corrected chi connectivity index (χ1v) is 6.25. The molecule has 1 heterocycles. The van der Waals surface area contributed by atoms with Crippen molar-refractivity contribution in [1.29, 1.82) is 0 Å². The van der Waals surface area contributed by atoms with Gasteiger partial charge in [-0.25, -0.2) is 0 Å². The number of amides is 1. The van der Waals surface area contributed by atoms with Crippen LogP contribution in [0.3, 0.4) is 0 Å². The molecule has 1 rings (SSSR count). The Kier molecular flexibility index (Phi) is 4.11. The molecule has 0 saturated carbocycles. The van der Waals surface area contributed by atoms with E-state index in [4.69, 9.17) is 0 Å². The second kappa shape index (κ2) is 4.98. The first-order chi connectivity index (χ1) is 7.40. The highest BCUT2D eigenvalue weighted by molar-refractivity contribution is 5.91. The molecule has 92 valence electrons. The molecule has 0 aromatic rings. The van der Waals surface area contributed by atoms with Gasteiger partial charge < -0.3 is 4.90 Å². The Bertz CT molecular complexity index is 286. The Labute approximate surface area is 98.2 Å². The number of carbonyl (C=O) groups is 2. The molecule has 0 N–H and O–H groups in total. The zero-order valence-corrected chi connectivity index (χ0v) is 11.0. The van der Waals surface area contributed by atoms with E-state index >= 15 is 0 Å². The molecule has 1 amide bonds. The number of hydrogen-bond donors (Lipinski definition) is 0. The Morgan fingerprint density at radius 2 is 1.88 bits per heavy atom. The SMILES string of the molecule is CCC(=O)N1C(C(=O)C(C)C)CC(C)C1C. The summed E-state index contributed by atoms with van der Waals surface area (Å²) in [5.74, 6) is 0.742. The lowest BCUT2D eigenvalue weighted by atomic mass is 9.96. The molecule has 1 fully saturated rings. The van der Waals surface area contributed by atoms with E-state index in [9.17, 15) is 9.59 Å². The predicted molar refractivity (Wildman–Crippen MR) is 64.0 cm³/mol. The van der Waals surface area contributed by atoms with E-state index in [2.05, 4.69) is 6.92 Å². The summed E-state index contributed by atoms with van der Waals surface area (Å²) in [6.45, 7) is 9.84. The van der Waals surface area contributed by atoms with Gasteiger partial charge in [-0.05, 0) is 19.3 Å². The third-order valence-corrected chi connectivity index (χ3v) is 3.68. The van der Waals surface area contributed by atoms with Crippen molar-refractivity contribution < 1.29 is 9.59 Å². The van der Waals surface area contributed by atoms with Crippen LogP contribution in [-0.4, -0.2) is 28.7 Å². The minimum Gasteiger partial charge on any atom is -0.330 e. The van der Waals surface area contributed by atoms with Crippen LogP contribution in [0.5, 0.6) is 0 Å². The average Bonchev–Trinajstić information content (AvgIpc) is 2.53. The lowest BCUT2D eigenvalue weighted by molar-refractivity contribution is -0.140. The summed E-state index contributed by atoms with van der Waals surface area (Å²) in [6.07, 6.45) is 1.31. The topological polar surface area (TPSA) is 37.4 Å². The van der Waals surface area contributed by atoms with Gasteiger partial charge in [0.05, 0.1) is 6.04 Å². The molecule has 1 aliphatic heterocycles. The second-order valence-electron chi connectivity index (χ2n) is 5.18. The fourth-order valence-electron chi connectivity index (χ4n) is 2.44. The van der Waals surface area contributed by atoms with Crippen molar-refractivity contribution in [3.63, 3.8) is 0 Å². The molecule has 0 aliphatic carbocycles. The molecule has 0 aromatic heterocycles. The lowest BCUT2D eigenvalue weighted by Crippen LogP contribution is -2.45. The summed E-state index contributed by atoms with van der Waals surface area (Å²) in [7, 11) is 0. The molecule has 3 atom stereocenters. The molecule has 3 unspecified atom stereocenters. The maximum atomic E-state index is 12.1. The Morgan fingerprint density at radius 3 is 2.31 bits per heavy atom. The van der Waals surface area contributed by atoms with Crippen molar-refractivity contribution >= 4 is 11.7 Å². The monoisotopic (exact) mass is 225 g/mol. The van der Waals surface area contributed by atoms with E-state index in [1.54, 1.807) is 0 Å². The number of Topliss-reactive ketones (excluding diaryl/α,β-unsaturated/α-hetero) is 1. The summed E-state index contributed by atoms with van der Waals surface area (Å²) in [6, 6.07) is 0.0117. The van der Waals surface area contributed by atoms with E-state index in [-0.39, 0.29) is 29.7 Å². The van der Waals surface area contributed by atoms with Gasteiger partial charge in [-0.1, -0.05) is 27.7 Å². The molecule has 3 heteroatoms. The number of likely N-dealkylation sites (tertiary alicyclic amines) is 1. The van der Waals surface area contributed by atoms with Gasteiger partial charge in [-0.3, -0.25) is 9.59 Å². The first kappa shape index (κ1) is 13.2. The Balaban J connectivity index is 2.91. The molecule has 1 saturated heterocycles. The summed E-state index contributed by atoms with van der Waals surface area (Å²) in [4.78, 5) is 25.8. The Morgan fingerprint density at radius 1 is 1.31 bits per heavy atom. The van der Waals surface area contributed by atoms with Crippen LogP contribution in [-0.2, 0) is 9.59 Å². The number of rotatable bonds is 3. The third-order valence-electron chi connectivity index (χ3n) is 3.68. The van der Waals surface area contributed by atoms with Gasteiger partial charge in [0, 0.05) is 18.4 Å². The summed E-state index contributed by atoms with van der Waals surface area (Å²) >= 11 is 0. The fourth-order valence-corrected chi connectivity index (χ4v) is 2.44. The van der Waals surface area contributed by atoms with Gasteiger partial charge in [0.15, 0.2) is 5.78 Å². The smallest absolute Gasteiger partial charge is 0.223 e. The normalized spacial score (nSPS) is 29.9. The zero-order chi connectivity index (χ0) is 12.5. The van der Waals surface area contributed by atoms with Crippen molar-refractivity contribution in [1.82, 2.24) is 4.90 Å². The quantitative estimate of drug-likeness (QED) is 0.738. The van der Waals surface area contributed by atoms with Crippen LogP contribution in [0, 0.1) is 11.8 Å². The minimum atomic E-state index is -0.183. The number of ketones is 1. The summed E-state index contributed by atoms with van der Waals surface area (Å²) in [5, 5.41) is 0. The summed E-state index contributed by atoms with van der Waals surface area (Å²) in [5.41, 5.74) is 0. The minimum absolute atomic E-state index is 0.00894. The molecule has 16 heavy (non-hydrogen) atoms. The maximum Gasteiger partial charge on any atom is 0.223 e. The first-order valence-electron chi connectivity index (χ1n) is 6.25. The number of nitrogens with zero attached hydrogens (tertiary/aromatic N) is 1. The van der Waals surface area contributed by atoms with Crippen LogP contribution in [0.15, 0.2) is 0 Å². The molecular formula is C13H23NO2. The van der Waals surface area contributed by atoms with Gasteiger partial charge in [-0.15, -0.1) is 0 Å². The van der Waals surface area contributed by atoms with E-state index in [0.29, 0.717) is 12.3 Å². The highest BCUT2D eigenvalue weighted by Crippen LogP contribution is 2.31. The molecule has 1 aliphatic rings. The van der Waals surface area contributed by atoms with Crippen molar-refractivity contribution in [2.45, 2.75) is 59.5 Å². The predicted octanol–water partition coefficient (Wildman–Crippen LogP) is 2.25. The van der Waals surface area contributed by atoms with Crippen LogP contribution < -0.4 is 0 Å². The van der Waals surface area contributed by atoms with Gasteiger partial charge in [0.2, 0.25) is 5.91 Å². The van der Waals surface area contributed by atoms with Gasteiger partial charge in [0.1, 0.15) is 0 Å². The van der Waals surface area contributed by atoms with Crippen molar-refractivity contribution in [3.8, 4) is 0 Å². The molecule has 0 spiro atoms. The molecule has 0 aromatic carbocycles. The highest BCUT2D eigenvalue weighted by Gasteiger charge is 2.42. The van der Waals surface area contributed by atoms with Crippen molar-refractivity contribution in [3.05, 3.63) is 0 Å². The standard InChI is InChI=1S/C13H23NO2/c1-6-12(15)14-10(5)9(4)7-11(14)13(16)8(2)3/h8-11H,6-7H2,1-5H3. The van der Waals surface area contributed by atoms with Gasteiger partial charge in [-0.2, -0.15) is 0 Å². The van der Waals surface area contributed by atoms with Crippen molar-refractivity contribution in [2.24, 2.45) is 11.8 Å². The second-order valence-corrected chi connectivity index (χ2v) is 5.18. The highest BCUT2D eigenvalue weighted by atomic mass is 16.2. The van der Waals surface area contributed by atoms with Crippen molar-refractivity contribution in [2.75, 3.05) is 0 Å². The van der Waals surface area contributed by atoms with E-state index in [0.717, 1.165) is 6.42 Å². The van der Waals surface area contributed by atoms with Crippen LogP contribution in [0.2, 0.25) is 0 Å². The van der Waals surface area contributed by atoms with Crippen LogP contribution in [0.25, 0.3) is 0 Å². The number of hydrogen-bond acceptors (Lipinski definition) is 2. The van der Waals surface area contributed by atoms with E-state index in [1.165, 1.54) is 0 Å². The zero-order valence-electron chi connectivity index (χ0n) is 11.0. The number of carbonyl (C=O) groups excluding carboxylic acids is 2. The molecular weight excluding hydrogens is 202 g/mol. The summed E-state index contributed by atoms with van der Waals surface area (Å²) < 4.78 is 0. The van der Waals surface area contributed by atoms with E-state index in [1.807, 2.05) is 32.6 Å². The largest absolute Gasteiger partial charge is 0.330 e. The molecule has 0 radical (unpaired) electrons. The average molecular weight is 225 g/mol. The molecule has 3 nitrogen and oxygen atoms in total. The Hall–Kier alpha value is -0.860. The van der Waals surface area contributed by atoms with Gasteiger partial charge >= 0.3 is 0 Å². The fraction of sp³-hybridized carbons (Fsp3) is 0.846. The van der Waals surface area contributed by atoms with Gasteiger partial charge in [0.25, 0.3) is 0 Å². The molecule has 0 bridgehead atoms. The third kappa shape index (κ3) is 2.28. The maximum absolute atomic E-state index is 12.1. The van der Waals surface area contributed by atoms with Crippen LogP contribution in [0.1, 0.15) is 47.5 Å². The van der Waals surface area contributed by atoms with E-state index < -0.39 is 0 Å².